The first-order valence-corrected chi connectivity index (χ1v) is 11.8. The van der Waals surface area contributed by atoms with Gasteiger partial charge in [-0.05, 0) is 72.4 Å². The number of aryl methyl sites for hydroxylation is 1. The number of fused-ring (bicyclic) bond motifs is 4. The third-order valence-electron chi connectivity index (χ3n) is 6.15. The second kappa shape index (κ2) is 7.26. The second-order valence-corrected chi connectivity index (χ2v) is 10.4. The molecule has 3 nitrogen and oxygen atoms in total. The van der Waals surface area contributed by atoms with Gasteiger partial charge in [0.1, 0.15) is 10.7 Å². The molecule has 33 heavy (non-hydrogen) atoms. The fraction of sp³-hybridized carbons (Fsp3) is 0.172. The van der Waals surface area contributed by atoms with Crippen molar-refractivity contribution in [2.45, 2.75) is 33.0 Å². The van der Waals surface area contributed by atoms with Crippen molar-refractivity contribution in [2.75, 3.05) is 0 Å². The summed E-state index contributed by atoms with van der Waals surface area (Å²) in [5, 5.41) is 2.01. The first kappa shape index (κ1) is 17.0. The molecule has 0 N–H and O–H groups in total. The van der Waals surface area contributed by atoms with Crippen LogP contribution in [0.15, 0.2) is 78.9 Å². The van der Waals surface area contributed by atoms with Crippen LogP contribution in [0.1, 0.15) is 36.1 Å². The van der Waals surface area contributed by atoms with Gasteiger partial charge in [0, 0.05) is 36.5 Å². The third-order valence-corrected chi connectivity index (χ3v) is 7.23. The lowest BCUT2D eigenvalue weighted by molar-refractivity contribution is 0.590. The Morgan fingerprint density at radius 2 is 1.67 bits per heavy atom. The standard InChI is InChI=1S/C29H25N3S/c1-18-9-15-22-23-17-19(10-16-26(23)33-28(22)30-18)27-31-24-7-5-6-8-25(24)32(27)21-13-11-20(12-14-21)29(2,3)4/h5-17H,1-4H3/i1D3. The molecule has 3 aromatic carbocycles. The van der Waals surface area contributed by atoms with E-state index < -0.39 is 6.85 Å². The molecular weight excluding hydrogens is 422 g/mol. The molecular formula is C29H25N3S. The summed E-state index contributed by atoms with van der Waals surface area (Å²) in [5.41, 5.74) is 5.54. The Balaban J connectivity index is 1.55. The summed E-state index contributed by atoms with van der Waals surface area (Å²) in [6, 6.07) is 26.7. The number of para-hydroxylation sites is 2. The quantitative estimate of drug-likeness (QED) is 0.267. The van der Waals surface area contributed by atoms with Crippen molar-refractivity contribution in [1.29, 1.82) is 0 Å². The van der Waals surface area contributed by atoms with Crippen molar-refractivity contribution >= 4 is 42.7 Å². The van der Waals surface area contributed by atoms with Gasteiger partial charge in [0.25, 0.3) is 0 Å². The Morgan fingerprint density at radius 3 is 2.45 bits per heavy atom. The van der Waals surface area contributed by atoms with Crippen molar-refractivity contribution in [2.24, 2.45) is 0 Å². The number of pyridine rings is 1. The maximum Gasteiger partial charge on any atom is 0.145 e. The molecule has 0 aliphatic carbocycles. The zero-order valence-corrected chi connectivity index (χ0v) is 19.6. The van der Waals surface area contributed by atoms with Gasteiger partial charge in [-0.2, -0.15) is 0 Å². The SMILES string of the molecule is [2H]C([2H])([2H])c1ccc2c(n1)sc1ccc(-c3nc4ccccc4n3-c3ccc(C(C)(C)C)cc3)cc12. The average Bonchev–Trinajstić information content (AvgIpc) is 3.40. The van der Waals surface area contributed by atoms with E-state index in [-0.39, 0.29) is 11.1 Å². The van der Waals surface area contributed by atoms with Crippen LogP contribution in [0.2, 0.25) is 0 Å². The smallest absolute Gasteiger partial charge is 0.145 e. The van der Waals surface area contributed by atoms with Gasteiger partial charge in [-0.1, -0.05) is 45.0 Å². The Bertz CT molecular complexity index is 1750. The van der Waals surface area contributed by atoms with Crippen molar-refractivity contribution in [3.63, 3.8) is 0 Å². The maximum absolute atomic E-state index is 7.70. The molecule has 3 aromatic heterocycles. The normalized spacial score (nSPS) is 14.0. The summed E-state index contributed by atoms with van der Waals surface area (Å²) >= 11 is 1.52. The van der Waals surface area contributed by atoms with Crippen molar-refractivity contribution in [1.82, 2.24) is 14.5 Å². The molecule has 0 fully saturated rings. The Labute approximate surface area is 201 Å². The monoisotopic (exact) mass is 450 g/mol. The third kappa shape index (κ3) is 3.33. The van der Waals surface area contributed by atoms with Gasteiger partial charge in [0.2, 0.25) is 0 Å². The lowest BCUT2D eigenvalue weighted by atomic mass is 9.87. The molecule has 0 unspecified atom stereocenters. The number of hydrogen-bond acceptors (Lipinski definition) is 3. The van der Waals surface area contributed by atoms with Gasteiger partial charge < -0.3 is 0 Å². The highest BCUT2D eigenvalue weighted by atomic mass is 32.1. The van der Waals surface area contributed by atoms with Crippen LogP contribution in [0.4, 0.5) is 0 Å². The summed E-state index contributed by atoms with van der Waals surface area (Å²) in [6.07, 6.45) is 0. The topological polar surface area (TPSA) is 30.7 Å². The zero-order chi connectivity index (χ0) is 25.2. The van der Waals surface area contributed by atoms with Crippen molar-refractivity contribution in [3.05, 3.63) is 90.1 Å². The molecule has 0 radical (unpaired) electrons. The molecule has 0 saturated heterocycles. The van der Waals surface area contributed by atoms with Crippen LogP contribution in [-0.4, -0.2) is 14.5 Å². The molecule has 6 aromatic rings. The van der Waals surface area contributed by atoms with E-state index in [2.05, 4.69) is 78.9 Å². The zero-order valence-electron chi connectivity index (χ0n) is 21.8. The van der Waals surface area contributed by atoms with E-state index in [0.717, 1.165) is 48.4 Å². The molecule has 4 heteroatoms. The lowest BCUT2D eigenvalue weighted by Gasteiger charge is -2.19. The number of benzene rings is 3. The van der Waals surface area contributed by atoms with Crippen LogP contribution >= 0.6 is 11.3 Å². The van der Waals surface area contributed by atoms with E-state index in [4.69, 9.17) is 9.10 Å². The number of hydrogen-bond donors (Lipinski definition) is 0. The minimum absolute atomic E-state index is 0.0802. The largest absolute Gasteiger partial charge is 0.292 e. The maximum atomic E-state index is 7.70. The van der Waals surface area contributed by atoms with E-state index >= 15 is 0 Å². The molecule has 3 heterocycles. The van der Waals surface area contributed by atoms with Gasteiger partial charge in [0.05, 0.1) is 11.0 Å². The lowest BCUT2D eigenvalue weighted by Crippen LogP contribution is -2.11. The first-order valence-electron chi connectivity index (χ1n) is 12.5. The molecule has 0 aliphatic rings. The molecule has 0 saturated carbocycles. The van der Waals surface area contributed by atoms with Crippen LogP contribution in [-0.2, 0) is 5.41 Å². The highest BCUT2D eigenvalue weighted by Gasteiger charge is 2.18. The number of thiophene rings is 1. The van der Waals surface area contributed by atoms with Gasteiger partial charge in [0.15, 0.2) is 0 Å². The summed E-state index contributed by atoms with van der Waals surface area (Å²) in [7, 11) is 0. The van der Waals surface area contributed by atoms with Crippen molar-refractivity contribution in [3.8, 4) is 17.1 Å². The minimum atomic E-state index is -2.22. The molecule has 0 atom stereocenters. The molecule has 0 bridgehead atoms. The predicted octanol–water partition coefficient (Wildman–Crippen LogP) is 8.06. The highest BCUT2D eigenvalue weighted by molar-refractivity contribution is 7.25. The Morgan fingerprint density at radius 1 is 0.848 bits per heavy atom. The van der Waals surface area contributed by atoms with E-state index in [0.29, 0.717) is 0 Å². The molecule has 0 aliphatic heterocycles. The van der Waals surface area contributed by atoms with Gasteiger partial charge >= 0.3 is 0 Å². The van der Waals surface area contributed by atoms with Crippen LogP contribution in [0.5, 0.6) is 0 Å². The summed E-state index contributed by atoms with van der Waals surface area (Å²) in [5.74, 6) is 0.869. The summed E-state index contributed by atoms with van der Waals surface area (Å²) in [4.78, 5) is 10.2. The summed E-state index contributed by atoms with van der Waals surface area (Å²) in [6.45, 7) is 4.44. The Hall–Kier alpha value is -3.50. The van der Waals surface area contributed by atoms with Crippen molar-refractivity contribution < 1.29 is 4.11 Å². The fourth-order valence-electron chi connectivity index (χ4n) is 4.39. The first-order chi connectivity index (χ1) is 17.1. The predicted molar refractivity (Wildman–Crippen MR) is 141 cm³/mol. The van der Waals surface area contributed by atoms with Crippen LogP contribution in [0.3, 0.4) is 0 Å². The van der Waals surface area contributed by atoms with Gasteiger partial charge in [-0.15, -0.1) is 11.3 Å². The molecule has 6 rings (SSSR count). The van der Waals surface area contributed by atoms with Gasteiger partial charge in [-0.3, -0.25) is 4.57 Å². The second-order valence-electron chi connectivity index (χ2n) is 9.42. The van der Waals surface area contributed by atoms with Crippen LogP contribution < -0.4 is 0 Å². The number of nitrogens with zero attached hydrogens (tertiary/aromatic N) is 3. The number of imidazole rings is 1. The Kier molecular flexibility index (Phi) is 3.75. The van der Waals surface area contributed by atoms with E-state index in [1.807, 2.05) is 24.3 Å². The van der Waals surface area contributed by atoms with E-state index in [1.54, 1.807) is 6.07 Å². The van der Waals surface area contributed by atoms with E-state index in [1.165, 1.54) is 16.9 Å². The molecule has 0 spiro atoms. The number of aromatic nitrogens is 3. The fourth-order valence-corrected chi connectivity index (χ4v) is 5.44. The van der Waals surface area contributed by atoms with Gasteiger partial charge in [-0.25, -0.2) is 9.97 Å². The molecule has 162 valence electrons. The molecule has 0 amide bonds. The highest BCUT2D eigenvalue weighted by Crippen LogP contribution is 2.37. The summed E-state index contributed by atoms with van der Waals surface area (Å²) < 4.78 is 26.4. The number of rotatable bonds is 2. The van der Waals surface area contributed by atoms with Crippen LogP contribution in [0, 0.1) is 6.85 Å². The average molecular weight is 451 g/mol. The van der Waals surface area contributed by atoms with Crippen LogP contribution in [0.25, 0.3) is 48.4 Å². The van der Waals surface area contributed by atoms with E-state index in [9.17, 15) is 0 Å². The minimum Gasteiger partial charge on any atom is -0.292 e.